The third-order valence-corrected chi connectivity index (χ3v) is 4.27. The van der Waals surface area contributed by atoms with Crippen molar-refractivity contribution >= 4 is 0 Å². The zero-order valence-electron chi connectivity index (χ0n) is 11.1. The highest BCUT2D eigenvalue weighted by Gasteiger charge is 2.39. The van der Waals surface area contributed by atoms with Gasteiger partial charge in [-0.3, -0.25) is 0 Å². The minimum atomic E-state index is 0.273. The van der Waals surface area contributed by atoms with Crippen molar-refractivity contribution in [3.63, 3.8) is 0 Å². The number of nitrogens with zero attached hydrogens (tertiary/aromatic N) is 1. The molecule has 1 heterocycles. The van der Waals surface area contributed by atoms with Crippen LogP contribution < -0.4 is 0 Å². The van der Waals surface area contributed by atoms with Crippen molar-refractivity contribution in [3.8, 4) is 12.3 Å². The second-order valence-corrected chi connectivity index (χ2v) is 5.67. The van der Waals surface area contributed by atoms with E-state index in [0.717, 1.165) is 38.5 Å². The first-order chi connectivity index (χ1) is 8.28. The van der Waals surface area contributed by atoms with Crippen molar-refractivity contribution in [2.45, 2.75) is 39.0 Å². The third-order valence-electron chi connectivity index (χ3n) is 4.27. The largest absolute Gasteiger partial charge is 0.380 e. The van der Waals surface area contributed by atoms with Gasteiger partial charge in [-0.25, -0.2) is 0 Å². The summed E-state index contributed by atoms with van der Waals surface area (Å²) in [4.78, 5) is 2.48. The van der Waals surface area contributed by atoms with Gasteiger partial charge in [-0.15, -0.1) is 6.42 Å². The van der Waals surface area contributed by atoms with Crippen LogP contribution in [0.5, 0.6) is 0 Å². The predicted molar refractivity (Wildman–Crippen MR) is 70.8 cm³/mol. The maximum Gasteiger partial charge on any atom is 0.0593 e. The van der Waals surface area contributed by atoms with Crippen LogP contribution in [-0.4, -0.2) is 37.7 Å². The monoisotopic (exact) mass is 235 g/mol. The van der Waals surface area contributed by atoms with Crippen LogP contribution in [0, 0.1) is 23.7 Å². The standard InChI is InChI=1S/C15H25NO/c1-3-14-12-16(13-14)9-11-17-10-5-6-15(4-2)7-8-15/h2,14H,3,5-13H2,1H3. The van der Waals surface area contributed by atoms with Crippen molar-refractivity contribution in [1.29, 1.82) is 0 Å². The molecule has 1 aliphatic heterocycles. The second kappa shape index (κ2) is 5.89. The molecule has 0 aromatic heterocycles. The lowest BCUT2D eigenvalue weighted by molar-refractivity contribution is 0.0454. The van der Waals surface area contributed by atoms with Gasteiger partial charge in [0.15, 0.2) is 0 Å². The zero-order chi connectivity index (χ0) is 12.1. The minimum Gasteiger partial charge on any atom is -0.380 e. The normalized spacial score (nSPS) is 23.1. The van der Waals surface area contributed by atoms with E-state index in [4.69, 9.17) is 11.2 Å². The first-order valence-corrected chi connectivity index (χ1v) is 7.06. The van der Waals surface area contributed by atoms with E-state index in [2.05, 4.69) is 17.7 Å². The molecule has 2 nitrogen and oxygen atoms in total. The maximum atomic E-state index is 5.67. The van der Waals surface area contributed by atoms with Gasteiger partial charge in [0.05, 0.1) is 6.61 Å². The van der Waals surface area contributed by atoms with Gasteiger partial charge in [0.1, 0.15) is 0 Å². The number of rotatable bonds is 8. The Morgan fingerprint density at radius 2 is 2.12 bits per heavy atom. The second-order valence-electron chi connectivity index (χ2n) is 5.67. The van der Waals surface area contributed by atoms with Crippen molar-refractivity contribution in [2.75, 3.05) is 32.8 Å². The summed E-state index contributed by atoms with van der Waals surface area (Å²) < 4.78 is 5.67. The summed E-state index contributed by atoms with van der Waals surface area (Å²) in [5, 5.41) is 0. The smallest absolute Gasteiger partial charge is 0.0593 e. The molecule has 2 aliphatic rings. The van der Waals surface area contributed by atoms with Crippen LogP contribution in [0.2, 0.25) is 0 Å². The highest BCUT2D eigenvalue weighted by molar-refractivity contribution is 5.14. The Morgan fingerprint density at radius 1 is 1.35 bits per heavy atom. The van der Waals surface area contributed by atoms with Crippen molar-refractivity contribution in [3.05, 3.63) is 0 Å². The van der Waals surface area contributed by atoms with Gasteiger partial charge in [-0.1, -0.05) is 19.3 Å². The summed E-state index contributed by atoms with van der Waals surface area (Å²) in [5.41, 5.74) is 0.273. The van der Waals surface area contributed by atoms with Crippen LogP contribution in [-0.2, 0) is 4.74 Å². The number of hydrogen-bond donors (Lipinski definition) is 0. The molecule has 0 spiro atoms. The van der Waals surface area contributed by atoms with E-state index in [9.17, 15) is 0 Å². The molecular formula is C15H25NO. The van der Waals surface area contributed by atoms with E-state index >= 15 is 0 Å². The van der Waals surface area contributed by atoms with Gasteiger partial charge in [0.25, 0.3) is 0 Å². The molecule has 0 bridgehead atoms. The summed E-state index contributed by atoms with van der Waals surface area (Å²) >= 11 is 0. The van der Waals surface area contributed by atoms with Gasteiger partial charge in [0, 0.05) is 31.7 Å². The fourth-order valence-corrected chi connectivity index (χ4v) is 2.54. The molecule has 0 amide bonds. The van der Waals surface area contributed by atoms with Gasteiger partial charge < -0.3 is 9.64 Å². The fourth-order valence-electron chi connectivity index (χ4n) is 2.54. The van der Waals surface area contributed by atoms with E-state index < -0.39 is 0 Å². The van der Waals surface area contributed by atoms with Crippen LogP contribution in [0.15, 0.2) is 0 Å². The summed E-state index contributed by atoms with van der Waals surface area (Å²) in [7, 11) is 0. The summed E-state index contributed by atoms with van der Waals surface area (Å²) in [6.07, 6.45) is 11.6. The van der Waals surface area contributed by atoms with E-state index in [0.29, 0.717) is 0 Å². The highest BCUT2D eigenvalue weighted by Crippen LogP contribution is 2.48. The Morgan fingerprint density at radius 3 is 2.71 bits per heavy atom. The maximum absolute atomic E-state index is 5.67. The summed E-state index contributed by atoms with van der Waals surface area (Å²) in [5.74, 6) is 3.87. The quantitative estimate of drug-likeness (QED) is 0.473. The Kier molecular flexibility index (Phi) is 4.48. The lowest BCUT2D eigenvalue weighted by Crippen LogP contribution is -2.47. The molecule has 0 aromatic rings. The Balaban J connectivity index is 1.39. The zero-order valence-corrected chi connectivity index (χ0v) is 11.1. The molecule has 17 heavy (non-hydrogen) atoms. The van der Waals surface area contributed by atoms with Crippen LogP contribution in [0.25, 0.3) is 0 Å². The molecule has 2 fully saturated rings. The third kappa shape index (κ3) is 3.72. The molecule has 0 unspecified atom stereocenters. The van der Waals surface area contributed by atoms with E-state index in [1.807, 2.05) is 0 Å². The number of hydrogen-bond acceptors (Lipinski definition) is 2. The molecule has 0 atom stereocenters. The van der Waals surface area contributed by atoms with E-state index in [1.165, 1.54) is 32.4 Å². The average Bonchev–Trinajstić information content (AvgIpc) is 3.06. The lowest BCUT2D eigenvalue weighted by atomic mass is 9.98. The van der Waals surface area contributed by atoms with E-state index in [1.54, 1.807) is 0 Å². The summed E-state index contributed by atoms with van der Waals surface area (Å²) in [6, 6.07) is 0. The van der Waals surface area contributed by atoms with Crippen LogP contribution in [0.4, 0.5) is 0 Å². The Labute approximate surface area is 106 Å². The van der Waals surface area contributed by atoms with Crippen LogP contribution in [0.3, 0.4) is 0 Å². The molecule has 0 aromatic carbocycles. The van der Waals surface area contributed by atoms with Crippen molar-refractivity contribution in [2.24, 2.45) is 11.3 Å². The van der Waals surface area contributed by atoms with Gasteiger partial charge in [-0.2, -0.15) is 0 Å². The van der Waals surface area contributed by atoms with E-state index in [-0.39, 0.29) is 5.41 Å². The number of likely N-dealkylation sites (tertiary alicyclic amines) is 1. The topological polar surface area (TPSA) is 12.5 Å². The molecular weight excluding hydrogens is 210 g/mol. The first kappa shape index (κ1) is 12.9. The van der Waals surface area contributed by atoms with Gasteiger partial charge in [-0.05, 0) is 31.6 Å². The number of ether oxygens (including phenoxy) is 1. The lowest BCUT2D eigenvalue weighted by Gasteiger charge is -2.38. The van der Waals surface area contributed by atoms with Crippen LogP contribution >= 0.6 is 0 Å². The molecule has 0 radical (unpaired) electrons. The predicted octanol–water partition coefficient (Wildman–Crippen LogP) is 2.54. The molecule has 96 valence electrons. The molecule has 2 rings (SSSR count). The molecule has 1 aliphatic carbocycles. The Hall–Kier alpha value is -0.520. The first-order valence-electron chi connectivity index (χ1n) is 7.06. The van der Waals surface area contributed by atoms with Crippen LogP contribution in [0.1, 0.15) is 39.0 Å². The molecule has 1 saturated heterocycles. The summed E-state index contributed by atoms with van der Waals surface area (Å²) in [6.45, 7) is 7.71. The minimum absolute atomic E-state index is 0.273. The Bertz CT molecular complexity index is 271. The highest BCUT2D eigenvalue weighted by atomic mass is 16.5. The van der Waals surface area contributed by atoms with Crippen molar-refractivity contribution < 1.29 is 4.74 Å². The SMILES string of the molecule is C#CC1(CCCOCCN2CC(CC)C2)CC1. The number of terminal acetylenes is 1. The fraction of sp³-hybridized carbons (Fsp3) is 0.867. The van der Waals surface area contributed by atoms with Gasteiger partial charge >= 0.3 is 0 Å². The molecule has 1 saturated carbocycles. The van der Waals surface area contributed by atoms with Crippen molar-refractivity contribution in [1.82, 2.24) is 4.90 Å². The van der Waals surface area contributed by atoms with Gasteiger partial charge in [0.2, 0.25) is 0 Å². The average molecular weight is 235 g/mol. The molecule has 0 N–H and O–H groups in total. The molecule has 2 heteroatoms.